The predicted molar refractivity (Wildman–Crippen MR) is 48.6 cm³/mol. The zero-order valence-electron chi connectivity index (χ0n) is 7.06. The number of aromatic nitrogens is 1. The second kappa shape index (κ2) is 3.45. The summed E-state index contributed by atoms with van der Waals surface area (Å²) in [6.07, 6.45) is 1.40. The molecule has 2 rings (SSSR count). The minimum atomic E-state index is 0.492. The largest absolute Gasteiger partial charge is 0.490 e. The van der Waals surface area contributed by atoms with Crippen LogP contribution in [0, 0.1) is 0 Å². The molecule has 0 spiro atoms. The SMILES string of the molecule is NCCOc1cccc2ocnc12. The highest BCUT2D eigenvalue weighted by Gasteiger charge is 2.04. The van der Waals surface area contributed by atoms with Crippen LogP contribution in [0.1, 0.15) is 0 Å². The summed E-state index contributed by atoms with van der Waals surface area (Å²) >= 11 is 0. The van der Waals surface area contributed by atoms with E-state index in [1.54, 1.807) is 0 Å². The standard InChI is InChI=1S/C9H10N2O2/c10-4-5-12-7-2-1-3-8-9(7)11-6-13-8/h1-3,6H,4-5,10H2. The number of hydrogen-bond acceptors (Lipinski definition) is 4. The molecule has 0 radical (unpaired) electrons. The Morgan fingerprint density at radius 1 is 1.46 bits per heavy atom. The number of rotatable bonds is 3. The quantitative estimate of drug-likeness (QED) is 0.766. The molecule has 0 aliphatic rings. The Morgan fingerprint density at radius 2 is 2.38 bits per heavy atom. The average molecular weight is 178 g/mol. The van der Waals surface area contributed by atoms with E-state index >= 15 is 0 Å². The van der Waals surface area contributed by atoms with Crippen LogP contribution in [0.25, 0.3) is 11.1 Å². The van der Waals surface area contributed by atoms with Crippen LogP contribution < -0.4 is 10.5 Å². The Kier molecular flexibility index (Phi) is 2.14. The van der Waals surface area contributed by atoms with Crippen LogP contribution in [0.15, 0.2) is 29.0 Å². The van der Waals surface area contributed by atoms with Gasteiger partial charge < -0.3 is 14.9 Å². The molecule has 1 aromatic heterocycles. The van der Waals surface area contributed by atoms with Gasteiger partial charge in [-0.15, -0.1) is 0 Å². The van der Waals surface area contributed by atoms with E-state index in [4.69, 9.17) is 14.9 Å². The maximum absolute atomic E-state index is 5.38. The molecule has 0 saturated heterocycles. The lowest BCUT2D eigenvalue weighted by atomic mass is 10.3. The van der Waals surface area contributed by atoms with E-state index < -0.39 is 0 Å². The van der Waals surface area contributed by atoms with E-state index in [0.717, 1.165) is 16.8 Å². The molecule has 1 heterocycles. The van der Waals surface area contributed by atoms with Crippen LogP contribution in [-0.4, -0.2) is 18.1 Å². The van der Waals surface area contributed by atoms with Gasteiger partial charge in [-0.1, -0.05) is 6.07 Å². The summed E-state index contributed by atoms with van der Waals surface area (Å²) < 4.78 is 10.5. The molecule has 4 nitrogen and oxygen atoms in total. The lowest BCUT2D eigenvalue weighted by Gasteiger charge is -2.03. The highest BCUT2D eigenvalue weighted by molar-refractivity contribution is 5.79. The van der Waals surface area contributed by atoms with Gasteiger partial charge in [0.25, 0.3) is 0 Å². The molecule has 4 heteroatoms. The molecule has 2 N–H and O–H groups in total. The van der Waals surface area contributed by atoms with Gasteiger partial charge in [-0.25, -0.2) is 4.98 Å². The number of benzene rings is 1. The zero-order chi connectivity index (χ0) is 9.10. The number of ether oxygens (including phenoxy) is 1. The van der Waals surface area contributed by atoms with Crippen LogP contribution in [-0.2, 0) is 0 Å². The van der Waals surface area contributed by atoms with Crippen molar-refractivity contribution in [1.82, 2.24) is 4.98 Å². The van der Waals surface area contributed by atoms with Gasteiger partial charge in [0.05, 0.1) is 0 Å². The molecule has 68 valence electrons. The Balaban J connectivity index is 2.37. The minimum Gasteiger partial charge on any atom is -0.490 e. The number of nitrogens with zero attached hydrogens (tertiary/aromatic N) is 1. The summed E-state index contributed by atoms with van der Waals surface area (Å²) in [4.78, 5) is 4.04. The predicted octanol–water partition coefficient (Wildman–Crippen LogP) is 1.17. The van der Waals surface area contributed by atoms with E-state index in [1.165, 1.54) is 6.39 Å². The van der Waals surface area contributed by atoms with E-state index in [1.807, 2.05) is 18.2 Å². The molecule has 0 saturated carbocycles. The number of hydrogen-bond donors (Lipinski definition) is 1. The summed E-state index contributed by atoms with van der Waals surface area (Å²) in [6.45, 7) is 0.986. The van der Waals surface area contributed by atoms with Crippen LogP contribution >= 0.6 is 0 Å². The topological polar surface area (TPSA) is 61.3 Å². The smallest absolute Gasteiger partial charge is 0.182 e. The normalized spacial score (nSPS) is 10.5. The molecule has 0 amide bonds. The molecule has 1 aromatic carbocycles. The van der Waals surface area contributed by atoms with Gasteiger partial charge in [0.2, 0.25) is 0 Å². The Bertz CT molecular complexity index is 397. The summed E-state index contributed by atoms with van der Waals surface area (Å²) in [6, 6.07) is 5.55. The van der Waals surface area contributed by atoms with Gasteiger partial charge in [0.1, 0.15) is 12.4 Å². The number of oxazole rings is 1. The third-order valence-electron chi connectivity index (χ3n) is 1.70. The first-order valence-electron chi connectivity index (χ1n) is 4.07. The van der Waals surface area contributed by atoms with Crippen LogP contribution in [0.2, 0.25) is 0 Å². The van der Waals surface area contributed by atoms with Crippen LogP contribution in [0.3, 0.4) is 0 Å². The van der Waals surface area contributed by atoms with Crippen molar-refractivity contribution in [2.45, 2.75) is 0 Å². The van der Waals surface area contributed by atoms with Crippen LogP contribution in [0.5, 0.6) is 5.75 Å². The van der Waals surface area contributed by atoms with Gasteiger partial charge >= 0.3 is 0 Å². The van der Waals surface area contributed by atoms with Crippen molar-refractivity contribution in [3.8, 4) is 5.75 Å². The minimum absolute atomic E-state index is 0.492. The Morgan fingerprint density at radius 3 is 3.23 bits per heavy atom. The van der Waals surface area contributed by atoms with Crippen molar-refractivity contribution in [3.63, 3.8) is 0 Å². The molecular formula is C9H10N2O2. The van der Waals surface area contributed by atoms with Gasteiger partial charge in [-0.05, 0) is 12.1 Å². The molecule has 0 fully saturated rings. The van der Waals surface area contributed by atoms with Gasteiger partial charge in [0, 0.05) is 6.54 Å². The third kappa shape index (κ3) is 1.48. The van der Waals surface area contributed by atoms with Crippen molar-refractivity contribution in [2.24, 2.45) is 5.73 Å². The van der Waals surface area contributed by atoms with Crippen molar-refractivity contribution in [2.75, 3.05) is 13.2 Å². The number of nitrogens with two attached hydrogens (primary N) is 1. The monoisotopic (exact) mass is 178 g/mol. The molecule has 0 aliphatic heterocycles. The third-order valence-corrected chi connectivity index (χ3v) is 1.70. The summed E-state index contributed by atoms with van der Waals surface area (Å²) in [5.41, 5.74) is 6.80. The average Bonchev–Trinajstić information content (AvgIpc) is 2.62. The number of fused-ring (bicyclic) bond motifs is 1. The maximum atomic E-state index is 5.38. The highest BCUT2D eigenvalue weighted by atomic mass is 16.5. The molecule has 0 unspecified atom stereocenters. The summed E-state index contributed by atoms with van der Waals surface area (Å²) in [5, 5.41) is 0. The molecule has 0 aliphatic carbocycles. The lowest BCUT2D eigenvalue weighted by Crippen LogP contribution is -2.10. The highest BCUT2D eigenvalue weighted by Crippen LogP contribution is 2.23. The van der Waals surface area contributed by atoms with E-state index in [0.29, 0.717) is 13.2 Å². The van der Waals surface area contributed by atoms with Gasteiger partial charge in [0.15, 0.2) is 17.5 Å². The molecule has 2 aromatic rings. The second-order valence-electron chi connectivity index (χ2n) is 2.59. The summed E-state index contributed by atoms with van der Waals surface area (Å²) in [7, 11) is 0. The fourth-order valence-electron chi connectivity index (χ4n) is 1.15. The molecule has 0 bridgehead atoms. The van der Waals surface area contributed by atoms with Crippen molar-refractivity contribution in [3.05, 3.63) is 24.6 Å². The first-order chi connectivity index (χ1) is 6.42. The van der Waals surface area contributed by atoms with Gasteiger partial charge in [-0.2, -0.15) is 0 Å². The Hall–Kier alpha value is -1.55. The first-order valence-corrected chi connectivity index (χ1v) is 4.07. The summed E-state index contributed by atoms with van der Waals surface area (Å²) in [5.74, 6) is 0.719. The maximum Gasteiger partial charge on any atom is 0.182 e. The zero-order valence-corrected chi connectivity index (χ0v) is 7.06. The molecule has 0 atom stereocenters. The first kappa shape index (κ1) is 8.07. The number of para-hydroxylation sites is 1. The van der Waals surface area contributed by atoms with Crippen molar-refractivity contribution >= 4 is 11.1 Å². The second-order valence-corrected chi connectivity index (χ2v) is 2.59. The fourth-order valence-corrected chi connectivity index (χ4v) is 1.15. The van der Waals surface area contributed by atoms with E-state index in [9.17, 15) is 0 Å². The van der Waals surface area contributed by atoms with E-state index in [2.05, 4.69) is 4.98 Å². The fraction of sp³-hybridized carbons (Fsp3) is 0.222. The lowest BCUT2D eigenvalue weighted by molar-refractivity contribution is 0.331. The van der Waals surface area contributed by atoms with Gasteiger partial charge in [-0.3, -0.25) is 0 Å². The van der Waals surface area contributed by atoms with E-state index in [-0.39, 0.29) is 0 Å². The Labute approximate surface area is 75.3 Å². The van der Waals surface area contributed by atoms with Crippen molar-refractivity contribution < 1.29 is 9.15 Å². The molecule has 13 heavy (non-hydrogen) atoms. The molecular weight excluding hydrogens is 168 g/mol. The van der Waals surface area contributed by atoms with Crippen LogP contribution in [0.4, 0.5) is 0 Å². The van der Waals surface area contributed by atoms with Crippen molar-refractivity contribution in [1.29, 1.82) is 0 Å².